The van der Waals surface area contributed by atoms with Crippen LogP contribution in [0.25, 0.3) is 10.9 Å². The van der Waals surface area contributed by atoms with E-state index in [1.165, 1.54) is 18.7 Å². The van der Waals surface area contributed by atoms with Gasteiger partial charge in [0.2, 0.25) is 0 Å². The van der Waals surface area contributed by atoms with Crippen LogP contribution in [-0.4, -0.2) is 74.5 Å². The summed E-state index contributed by atoms with van der Waals surface area (Å²) in [5, 5.41) is 0.543. The predicted octanol–water partition coefficient (Wildman–Crippen LogP) is 5.60. The Hall–Kier alpha value is -1.92. The average Bonchev–Trinajstić information content (AvgIpc) is 3.12. The van der Waals surface area contributed by atoms with Crippen LogP contribution in [0, 0.1) is 5.82 Å². The largest absolute Gasteiger partial charge is 0.466 e. The number of hydrogen-bond donors (Lipinski definition) is 0. The van der Waals surface area contributed by atoms with Crippen molar-refractivity contribution in [2.24, 2.45) is 0 Å². The molecular weight excluding hydrogens is 589 g/mol. The topological polar surface area (TPSA) is 97.8 Å². The molecule has 2 saturated heterocycles. The average molecular weight is 619 g/mol. The number of amides is 1. The molecule has 2 aliphatic rings. The second kappa shape index (κ2) is 11.1. The van der Waals surface area contributed by atoms with Gasteiger partial charge in [-0.05, 0) is 55.3 Å². The van der Waals surface area contributed by atoms with E-state index in [9.17, 15) is 9.59 Å². The first-order chi connectivity index (χ1) is 17.4. The third kappa shape index (κ3) is 5.90. The molecule has 202 valence electrons. The van der Waals surface area contributed by atoms with E-state index >= 15 is 4.39 Å². The monoisotopic (exact) mass is 617 g/mol. The Labute approximate surface area is 232 Å². The van der Waals surface area contributed by atoms with Gasteiger partial charge in [-0.2, -0.15) is 0 Å². The van der Waals surface area contributed by atoms with Crippen LogP contribution in [0.15, 0.2) is 9.76 Å². The third-order valence-corrected chi connectivity index (χ3v) is 7.88. The first-order valence-electron chi connectivity index (χ1n) is 12.2. The van der Waals surface area contributed by atoms with Crippen LogP contribution in [-0.2, 0) is 14.3 Å². The lowest BCUT2D eigenvalue weighted by molar-refractivity contribution is -0.141. The number of thioether (sulfide) groups is 1. The highest BCUT2D eigenvalue weighted by Crippen LogP contribution is 2.42. The summed E-state index contributed by atoms with van der Waals surface area (Å²) in [6.07, 6.45) is 1.61. The van der Waals surface area contributed by atoms with Crippen molar-refractivity contribution in [3.63, 3.8) is 0 Å². The first kappa shape index (κ1) is 28.1. The van der Waals surface area contributed by atoms with Crippen LogP contribution in [0.1, 0.15) is 53.9 Å². The Bertz CT molecular complexity index is 1220. The SMILES string of the molecule is CCSc1nc(N2C[C@H]3CC[C@@H]([C@H]2CCOC(C)=O)N3C(=O)OC(C)(C)C)c2c(Br)nc(Cl)c(F)c2n1. The molecule has 2 aromatic heterocycles. The summed E-state index contributed by atoms with van der Waals surface area (Å²) in [6, 6.07) is -0.602. The Morgan fingerprint density at radius 2 is 1.97 bits per heavy atom. The zero-order chi connectivity index (χ0) is 27.1. The number of pyridine rings is 1. The molecule has 0 N–H and O–H groups in total. The second-order valence-electron chi connectivity index (χ2n) is 10.0. The molecule has 2 aromatic rings. The molecular formula is C24H30BrClFN5O4S. The maximum absolute atomic E-state index is 15.2. The molecule has 1 amide bonds. The fourth-order valence-corrected chi connectivity index (χ4v) is 6.41. The van der Waals surface area contributed by atoms with E-state index in [0.29, 0.717) is 39.7 Å². The number of ether oxygens (including phenoxy) is 2. The standard InChI is InChI=1S/C24H30BrClFN5O4S/c1-6-37-22-28-18-16(19(25)29-20(26)17(18)27)21(30-22)31-11-13-7-8-15(14(31)9-10-35-12(2)33)32(13)23(34)36-24(3,4)5/h13-15H,6-11H2,1-5H3/t13-,14-,15+/m1/s1. The molecule has 2 aliphatic heterocycles. The normalized spacial score (nSPS) is 21.5. The van der Waals surface area contributed by atoms with Crippen LogP contribution in [0.2, 0.25) is 5.15 Å². The maximum Gasteiger partial charge on any atom is 0.410 e. The number of anilines is 1. The minimum absolute atomic E-state index is 0.0773. The van der Waals surface area contributed by atoms with Crippen LogP contribution in [0.5, 0.6) is 0 Å². The molecule has 4 rings (SSSR count). The van der Waals surface area contributed by atoms with Gasteiger partial charge in [0.05, 0.1) is 30.1 Å². The van der Waals surface area contributed by atoms with Gasteiger partial charge in [0.25, 0.3) is 0 Å². The van der Waals surface area contributed by atoms with Gasteiger partial charge >= 0.3 is 12.1 Å². The summed E-state index contributed by atoms with van der Waals surface area (Å²) in [5.41, 5.74) is -0.558. The van der Waals surface area contributed by atoms with Gasteiger partial charge in [0.1, 0.15) is 21.5 Å². The lowest BCUT2D eigenvalue weighted by Crippen LogP contribution is -2.62. The third-order valence-electron chi connectivity index (χ3n) is 6.33. The maximum atomic E-state index is 15.2. The highest BCUT2D eigenvalue weighted by atomic mass is 79.9. The molecule has 4 heterocycles. The second-order valence-corrected chi connectivity index (χ2v) is 12.4. The van der Waals surface area contributed by atoms with Crippen molar-refractivity contribution in [2.45, 2.75) is 82.8 Å². The lowest BCUT2D eigenvalue weighted by atomic mass is 9.99. The molecule has 0 spiro atoms. The molecule has 9 nitrogen and oxygen atoms in total. The Morgan fingerprint density at radius 1 is 1.24 bits per heavy atom. The number of rotatable bonds is 6. The fourth-order valence-electron chi connectivity index (χ4n) is 5.02. The molecule has 3 atom stereocenters. The number of aromatic nitrogens is 3. The van der Waals surface area contributed by atoms with E-state index in [4.69, 9.17) is 26.1 Å². The fraction of sp³-hybridized carbons (Fsp3) is 0.625. The summed E-state index contributed by atoms with van der Waals surface area (Å²) in [5.74, 6) is 0.103. The van der Waals surface area contributed by atoms with Crippen LogP contribution in [0.4, 0.5) is 15.0 Å². The van der Waals surface area contributed by atoms with E-state index in [1.54, 1.807) is 0 Å². The molecule has 0 aromatic carbocycles. The van der Waals surface area contributed by atoms with Crippen molar-refractivity contribution in [1.82, 2.24) is 19.9 Å². The number of hydrogen-bond acceptors (Lipinski definition) is 9. The van der Waals surface area contributed by atoms with Crippen LogP contribution < -0.4 is 4.90 Å². The van der Waals surface area contributed by atoms with Crippen molar-refractivity contribution < 1.29 is 23.5 Å². The summed E-state index contributed by atoms with van der Waals surface area (Å²) in [4.78, 5) is 42.0. The highest BCUT2D eigenvalue weighted by molar-refractivity contribution is 9.10. The smallest absolute Gasteiger partial charge is 0.410 e. The number of carbonyl (C=O) groups is 2. The number of esters is 1. The molecule has 0 aliphatic carbocycles. The molecule has 2 fully saturated rings. The van der Waals surface area contributed by atoms with Crippen molar-refractivity contribution in [1.29, 1.82) is 0 Å². The van der Waals surface area contributed by atoms with Gasteiger partial charge in [-0.3, -0.25) is 9.69 Å². The van der Waals surface area contributed by atoms with Gasteiger partial charge in [-0.15, -0.1) is 0 Å². The summed E-state index contributed by atoms with van der Waals surface area (Å²) < 4.78 is 26.5. The summed E-state index contributed by atoms with van der Waals surface area (Å²) in [7, 11) is 0. The van der Waals surface area contributed by atoms with Crippen molar-refractivity contribution in [3.05, 3.63) is 15.6 Å². The Morgan fingerprint density at radius 3 is 2.62 bits per heavy atom. The van der Waals surface area contributed by atoms with Gasteiger partial charge in [-0.25, -0.2) is 24.1 Å². The summed E-state index contributed by atoms with van der Waals surface area (Å²) >= 11 is 10.9. The number of halogens is 3. The van der Waals surface area contributed by atoms with Crippen molar-refractivity contribution in [3.8, 4) is 0 Å². The van der Waals surface area contributed by atoms with E-state index in [1.807, 2.05) is 32.6 Å². The first-order valence-corrected chi connectivity index (χ1v) is 14.3. The molecule has 2 bridgehead atoms. The molecule has 0 saturated carbocycles. The van der Waals surface area contributed by atoms with Gasteiger partial charge < -0.3 is 14.4 Å². The number of fused-ring (bicyclic) bond motifs is 3. The van der Waals surface area contributed by atoms with Crippen LogP contribution in [0.3, 0.4) is 0 Å². The molecule has 13 heteroatoms. The lowest BCUT2D eigenvalue weighted by Gasteiger charge is -2.47. The highest BCUT2D eigenvalue weighted by Gasteiger charge is 2.50. The zero-order valence-electron chi connectivity index (χ0n) is 21.4. The van der Waals surface area contributed by atoms with Gasteiger partial charge in [0, 0.05) is 19.9 Å². The minimum Gasteiger partial charge on any atom is -0.466 e. The van der Waals surface area contributed by atoms with Gasteiger partial charge in [-0.1, -0.05) is 30.3 Å². The number of carbonyl (C=O) groups excluding carboxylic acids is 2. The quantitative estimate of drug-likeness (QED) is 0.177. The van der Waals surface area contributed by atoms with Crippen molar-refractivity contribution in [2.75, 3.05) is 23.8 Å². The minimum atomic E-state index is -0.715. The molecule has 0 unspecified atom stereocenters. The molecule has 37 heavy (non-hydrogen) atoms. The zero-order valence-corrected chi connectivity index (χ0v) is 24.5. The van der Waals surface area contributed by atoms with E-state index < -0.39 is 11.4 Å². The van der Waals surface area contributed by atoms with Crippen LogP contribution >= 0.6 is 39.3 Å². The Balaban J connectivity index is 1.82. The van der Waals surface area contributed by atoms with E-state index in [-0.39, 0.29) is 47.5 Å². The Kier molecular flexibility index (Phi) is 8.40. The number of piperazine rings is 1. The van der Waals surface area contributed by atoms with Gasteiger partial charge in [0.15, 0.2) is 16.1 Å². The van der Waals surface area contributed by atoms with E-state index in [0.717, 1.165) is 12.8 Å². The number of nitrogens with zero attached hydrogens (tertiary/aromatic N) is 5. The predicted molar refractivity (Wildman–Crippen MR) is 144 cm³/mol. The molecule has 0 radical (unpaired) electrons. The summed E-state index contributed by atoms with van der Waals surface area (Å²) in [6.45, 7) is 9.45. The van der Waals surface area contributed by atoms with Crippen molar-refractivity contribution >= 4 is 68.1 Å². The van der Waals surface area contributed by atoms with E-state index in [2.05, 4.69) is 30.8 Å².